The number of aryl methyl sites for hydroxylation is 1. The van der Waals surface area contributed by atoms with Crippen molar-refractivity contribution in [2.24, 2.45) is 0 Å². The van der Waals surface area contributed by atoms with Crippen LogP contribution in [0.2, 0.25) is 0 Å². The Morgan fingerprint density at radius 2 is 2.06 bits per heavy atom. The van der Waals surface area contributed by atoms with Crippen LogP contribution in [-0.2, 0) is 22.4 Å². The van der Waals surface area contributed by atoms with E-state index in [1.807, 2.05) is 0 Å². The molecule has 2 aliphatic rings. The number of hydrogen-bond acceptors (Lipinski definition) is 5. The summed E-state index contributed by atoms with van der Waals surface area (Å²) >= 11 is 0. The number of ether oxygens (including phenoxy) is 3. The first-order valence-corrected chi connectivity index (χ1v) is 12.1. The molecule has 0 radical (unpaired) electrons. The molecule has 1 saturated heterocycles. The number of hydrogen-bond donors (Lipinski definition) is 1. The Labute approximate surface area is 178 Å². The number of H-pyrrole nitrogens is 1. The summed E-state index contributed by atoms with van der Waals surface area (Å²) in [6.45, 7) is 2.10. The first-order valence-electron chi connectivity index (χ1n) is 9.76. The fraction of sp³-hybridized carbons (Fsp3) is 0.500. The van der Waals surface area contributed by atoms with Crippen molar-refractivity contribution in [2.45, 2.75) is 24.6 Å². The molecule has 0 spiro atoms. The first kappa shape index (κ1) is 22.0. The number of rotatable bonds is 5. The lowest BCUT2D eigenvalue weighted by Crippen LogP contribution is -2.55. The SMILES string of the molecule is CS(C)(Oc1ccc2c(c1)CC[n+]1c-2cc(OC[C@@H]2COCCO2)[nH]c1=O)C(F)(F)F. The zero-order valence-corrected chi connectivity index (χ0v) is 18.0. The highest BCUT2D eigenvalue weighted by molar-refractivity contribution is 8.29. The highest BCUT2D eigenvalue weighted by atomic mass is 32.3. The molecule has 0 amide bonds. The third kappa shape index (κ3) is 4.68. The van der Waals surface area contributed by atoms with Gasteiger partial charge in [0.15, 0.2) is 0 Å². The Balaban J connectivity index is 1.58. The summed E-state index contributed by atoms with van der Waals surface area (Å²) in [6, 6.07) is 6.52. The van der Waals surface area contributed by atoms with E-state index in [4.69, 9.17) is 18.4 Å². The maximum Gasteiger partial charge on any atom is 0.499 e. The molecule has 2 aliphatic heterocycles. The Morgan fingerprint density at radius 1 is 1.26 bits per heavy atom. The van der Waals surface area contributed by atoms with Crippen LogP contribution in [0.1, 0.15) is 5.56 Å². The third-order valence-corrected chi connectivity index (χ3v) is 6.89. The van der Waals surface area contributed by atoms with Gasteiger partial charge in [0.1, 0.15) is 24.2 Å². The van der Waals surface area contributed by atoms with Crippen molar-refractivity contribution in [3.05, 3.63) is 40.3 Å². The standard InChI is InChI=1S/C20H23F3N2O5S/c1-31(2,20(21,22)23)30-14-3-4-16-13(9-14)5-6-25-17(16)10-18(24-19(25)26)29-12-15-11-27-7-8-28-15/h3-4,9-10,15H,5-8,11-12H2,1-2H3/p+1/t15-/m0/s1. The highest BCUT2D eigenvalue weighted by Crippen LogP contribution is 2.57. The van der Waals surface area contributed by atoms with Gasteiger partial charge in [-0.1, -0.05) is 0 Å². The smallest absolute Gasteiger partial charge is 0.459 e. The number of fused-ring (bicyclic) bond motifs is 3. The van der Waals surface area contributed by atoms with E-state index in [-0.39, 0.29) is 24.2 Å². The fourth-order valence-corrected chi connectivity index (χ4v) is 4.14. The average Bonchev–Trinajstić information content (AvgIpc) is 2.71. The van der Waals surface area contributed by atoms with Crippen molar-refractivity contribution in [1.82, 2.24) is 4.98 Å². The molecule has 7 nitrogen and oxygen atoms in total. The molecule has 170 valence electrons. The van der Waals surface area contributed by atoms with Crippen LogP contribution in [0.15, 0.2) is 29.1 Å². The number of nitrogens with zero attached hydrogens (tertiary/aromatic N) is 1. The van der Waals surface area contributed by atoms with E-state index in [0.717, 1.165) is 23.6 Å². The maximum absolute atomic E-state index is 13.2. The van der Waals surface area contributed by atoms with Crippen LogP contribution in [0.4, 0.5) is 13.2 Å². The van der Waals surface area contributed by atoms with Crippen molar-refractivity contribution in [3.8, 4) is 22.9 Å². The fourth-order valence-electron chi connectivity index (χ4n) is 3.46. The largest absolute Gasteiger partial charge is 0.499 e. The normalized spacial score (nSPS) is 19.3. The molecule has 31 heavy (non-hydrogen) atoms. The van der Waals surface area contributed by atoms with Crippen molar-refractivity contribution in [2.75, 3.05) is 38.9 Å². The third-order valence-electron chi connectivity index (χ3n) is 5.16. The molecule has 2 aromatic rings. The van der Waals surface area contributed by atoms with E-state index in [9.17, 15) is 18.0 Å². The van der Waals surface area contributed by atoms with Crippen molar-refractivity contribution < 1.29 is 36.1 Å². The van der Waals surface area contributed by atoms with E-state index >= 15 is 0 Å². The number of nitrogens with one attached hydrogen (secondary N) is 1. The first-order chi connectivity index (χ1) is 14.6. The number of aromatic amines is 1. The van der Waals surface area contributed by atoms with E-state index in [0.29, 0.717) is 44.4 Å². The van der Waals surface area contributed by atoms with Gasteiger partial charge in [0.05, 0.1) is 32.4 Å². The second-order valence-electron chi connectivity index (χ2n) is 7.69. The molecular formula is C20H24F3N2O5S+. The van der Waals surface area contributed by atoms with Crippen LogP contribution in [0.3, 0.4) is 0 Å². The zero-order chi connectivity index (χ0) is 22.2. The second-order valence-corrected chi connectivity index (χ2v) is 10.8. The predicted octanol–water partition coefficient (Wildman–Crippen LogP) is 2.56. The number of alkyl halides is 3. The van der Waals surface area contributed by atoms with Gasteiger partial charge in [-0.05, 0) is 34.1 Å². The molecule has 1 atom stereocenters. The molecule has 1 aromatic heterocycles. The Kier molecular flexibility index (Phi) is 5.93. The Bertz CT molecular complexity index is 1020. The van der Waals surface area contributed by atoms with Crippen molar-refractivity contribution in [1.29, 1.82) is 0 Å². The predicted molar refractivity (Wildman–Crippen MR) is 109 cm³/mol. The molecular weight excluding hydrogens is 437 g/mol. The van der Waals surface area contributed by atoms with Gasteiger partial charge >= 0.3 is 11.2 Å². The topological polar surface area (TPSA) is 73.7 Å². The molecule has 0 bridgehead atoms. The lowest BCUT2D eigenvalue weighted by molar-refractivity contribution is -0.704. The summed E-state index contributed by atoms with van der Waals surface area (Å²) < 4.78 is 63.1. The number of aromatic nitrogens is 2. The molecule has 4 rings (SSSR count). The second kappa shape index (κ2) is 8.36. The summed E-state index contributed by atoms with van der Waals surface area (Å²) in [6.07, 6.45) is 2.43. The van der Waals surface area contributed by atoms with E-state index in [1.54, 1.807) is 22.8 Å². The monoisotopic (exact) mass is 461 g/mol. The molecule has 1 aromatic carbocycles. The van der Waals surface area contributed by atoms with Crippen LogP contribution in [-0.4, -0.2) is 55.5 Å². The molecule has 0 saturated carbocycles. The number of halogens is 3. The zero-order valence-electron chi connectivity index (χ0n) is 17.2. The average molecular weight is 461 g/mol. The summed E-state index contributed by atoms with van der Waals surface area (Å²) in [5.74, 6) is 0.460. The minimum absolute atomic E-state index is 0.167. The van der Waals surface area contributed by atoms with Crippen LogP contribution >= 0.6 is 10.3 Å². The van der Waals surface area contributed by atoms with Crippen molar-refractivity contribution >= 4 is 10.3 Å². The van der Waals surface area contributed by atoms with E-state index < -0.39 is 15.8 Å². The van der Waals surface area contributed by atoms with Gasteiger partial charge in [0.2, 0.25) is 0 Å². The summed E-state index contributed by atoms with van der Waals surface area (Å²) in [4.78, 5) is 15.2. The maximum atomic E-state index is 13.2. The van der Waals surface area contributed by atoms with E-state index in [2.05, 4.69) is 4.98 Å². The van der Waals surface area contributed by atoms with Gasteiger partial charge in [-0.3, -0.25) is 0 Å². The number of benzene rings is 1. The summed E-state index contributed by atoms with van der Waals surface area (Å²) in [5, 5.41) is 0. The van der Waals surface area contributed by atoms with Crippen molar-refractivity contribution in [3.63, 3.8) is 0 Å². The summed E-state index contributed by atoms with van der Waals surface area (Å²) in [7, 11) is -3.27. The molecule has 3 heterocycles. The molecule has 1 N–H and O–H groups in total. The molecule has 1 fully saturated rings. The van der Waals surface area contributed by atoms with Crippen LogP contribution in [0.25, 0.3) is 11.3 Å². The van der Waals surface area contributed by atoms with Crippen LogP contribution in [0.5, 0.6) is 11.6 Å². The molecule has 0 aliphatic carbocycles. The minimum atomic E-state index is -4.42. The van der Waals surface area contributed by atoms with Gasteiger partial charge in [0.25, 0.3) is 5.88 Å². The molecule has 11 heteroatoms. The van der Waals surface area contributed by atoms with Crippen LogP contribution < -0.4 is 19.2 Å². The van der Waals surface area contributed by atoms with Gasteiger partial charge in [-0.25, -0.2) is 0 Å². The van der Waals surface area contributed by atoms with Gasteiger partial charge in [-0.2, -0.15) is 27.5 Å². The highest BCUT2D eigenvalue weighted by Gasteiger charge is 2.45. The van der Waals surface area contributed by atoms with Gasteiger partial charge in [0, 0.05) is 24.5 Å². The summed E-state index contributed by atoms with van der Waals surface area (Å²) in [5.41, 5.74) is -2.53. The lowest BCUT2D eigenvalue weighted by atomic mass is 9.97. The Hall–Kier alpha value is -2.24. The minimum Gasteiger partial charge on any atom is -0.459 e. The Morgan fingerprint density at radius 3 is 2.77 bits per heavy atom. The van der Waals surface area contributed by atoms with Gasteiger partial charge < -0.3 is 18.4 Å². The van der Waals surface area contributed by atoms with Crippen LogP contribution in [0, 0.1) is 0 Å². The molecule has 0 unspecified atom stereocenters. The van der Waals surface area contributed by atoms with E-state index in [1.165, 1.54) is 6.07 Å². The quantitative estimate of drug-likeness (QED) is 0.693. The van der Waals surface area contributed by atoms with Gasteiger partial charge in [-0.15, -0.1) is 0 Å². The lowest BCUT2D eigenvalue weighted by Gasteiger charge is -2.33.